The Morgan fingerprint density at radius 3 is 2.28 bits per heavy atom. The number of ether oxygens (including phenoxy) is 2. The molecule has 0 unspecified atom stereocenters. The minimum absolute atomic E-state index is 0.0387. The van der Waals surface area contributed by atoms with Gasteiger partial charge in [-0.25, -0.2) is 14.4 Å². The van der Waals surface area contributed by atoms with Crippen molar-refractivity contribution in [3.8, 4) is 0 Å². The van der Waals surface area contributed by atoms with Gasteiger partial charge in [-0.1, -0.05) is 29.8 Å². The molecule has 0 aromatic heterocycles. The summed E-state index contributed by atoms with van der Waals surface area (Å²) < 4.78 is 10.1. The monoisotopic (exact) mass is 416 g/mol. The Kier molecular flexibility index (Phi) is 5.47. The van der Waals surface area contributed by atoms with Crippen molar-refractivity contribution in [1.82, 2.24) is 0 Å². The molecule has 2 aromatic rings. The van der Waals surface area contributed by atoms with Crippen molar-refractivity contribution in [3.63, 3.8) is 0 Å². The molecule has 3 N–H and O–H groups in total. The molecule has 9 heteroatoms. The second-order valence-corrected chi connectivity index (χ2v) is 6.93. The number of benzene rings is 2. The van der Waals surface area contributed by atoms with Gasteiger partial charge in [0.15, 0.2) is 5.57 Å². The quantitative estimate of drug-likeness (QED) is 0.382. The number of hydrogen-bond acceptors (Lipinski definition) is 7. The third-order valence-corrected chi connectivity index (χ3v) is 4.25. The van der Waals surface area contributed by atoms with Gasteiger partial charge in [-0.05, 0) is 24.3 Å². The largest absolute Gasteiger partial charge is 0.478 e. The van der Waals surface area contributed by atoms with E-state index < -0.39 is 23.7 Å². The van der Waals surface area contributed by atoms with E-state index >= 15 is 0 Å². The van der Waals surface area contributed by atoms with Crippen LogP contribution < -0.4 is 10.6 Å². The summed E-state index contributed by atoms with van der Waals surface area (Å²) in [5.41, 5.74) is 0.583. The fourth-order valence-electron chi connectivity index (χ4n) is 2.61. The Hall–Kier alpha value is -3.52. The van der Waals surface area contributed by atoms with Gasteiger partial charge >= 0.3 is 17.9 Å². The maximum Gasteiger partial charge on any atom is 0.350 e. The van der Waals surface area contributed by atoms with E-state index in [1.165, 1.54) is 26.0 Å². The standard InChI is InChI=1S/C20H17ClN2O6/c1-20(2)28-18(26)12(19(27)29-20)10-22-15-9-5-6-11(17(24)25)16(15)23-14-8-4-3-7-13(14)21/h3-10,22-23H,1-2H3,(H,24,25). The van der Waals surface area contributed by atoms with Crippen molar-refractivity contribution in [3.05, 3.63) is 64.8 Å². The van der Waals surface area contributed by atoms with Crippen molar-refractivity contribution in [2.45, 2.75) is 19.6 Å². The number of nitrogens with one attached hydrogen (secondary N) is 2. The molecule has 1 aliphatic heterocycles. The third-order valence-electron chi connectivity index (χ3n) is 3.92. The highest BCUT2D eigenvalue weighted by Crippen LogP contribution is 2.33. The van der Waals surface area contributed by atoms with Crippen LogP contribution in [0.2, 0.25) is 5.02 Å². The number of halogens is 1. The number of carbonyl (C=O) groups excluding carboxylic acids is 2. The smallest absolute Gasteiger partial charge is 0.350 e. The number of hydrogen-bond donors (Lipinski definition) is 3. The van der Waals surface area contributed by atoms with Crippen LogP contribution in [0.15, 0.2) is 54.2 Å². The zero-order valence-electron chi connectivity index (χ0n) is 15.5. The van der Waals surface area contributed by atoms with Gasteiger partial charge < -0.3 is 25.2 Å². The van der Waals surface area contributed by atoms with E-state index in [9.17, 15) is 19.5 Å². The van der Waals surface area contributed by atoms with Crippen molar-refractivity contribution < 1.29 is 29.0 Å². The molecular formula is C20H17ClN2O6. The van der Waals surface area contributed by atoms with Crippen LogP contribution >= 0.6 is 11.6 Å². The number of anilines is 3. The minimum atomic E-state index is -1.36. The fourth-order valence-corrected chi connectivity index (χ4v) is 2.79. The maximum atomic E-state index is 12.1. The van der Waals surface area contributed by atoms with Gasteiger partial charge in [0.05, 0.1) is 27.6 Å². The average molecular weight is 417 g/mol. The molecule has 0 bridgehead atoms. The molecule has 0 atom stereocenters. The lowest BCUT2D eigenvalue weighted by Gasteiger charge is -2.29. The molecule has 0 aliphatic carbocycles. The van der Waals surface area contributed by atoms with Crippen LogP contribution in [-0.2, 0) is 19.1 Å². The van der Waals surface area contributed by atoms with Crippen LogP contribution in [-0.4, -0.2) is 28.8 Å². The second kappa shape index (κ2) is 7.84. The molecule has 1 saturated heterocycles. The van der Waals surface area contributed by atoms with Crippen LogP contribution in [0.3, 0.4) is 0 Å². The van der Waals surface area contributed by atoms with Crippen LogP contribution in [0.25, 0.3) is 0 Å². The molecule has 0 saturated carbocycles. The van der Waals surface area contributed by atoms with Gasteiger partial charge in [-0.15, -0.1) is 0 Å². The van der Waals surface area contributed by atoms with Gasteiger partial charge in [0, 0.05) is 20.0 Å². The van der Waals surface area contributed by atoms with Gasteiger partial charge in [0.2, 0.25) is 0 Å². The van der Waals surface area contributed by atoms with Gasteiger partial charge in [-0.2, -0.15) is 0 Å². The number of esters is 2. The summed E-state index contributed by atoms with van der Waals surface area (Å²) in [6.45, 7) is 2.88. The zero-order valence-corrected chi connectivity index (χ0v) is 16.2. The number of carbonyl (C=O) groups is 3. The first-order chi connectivity index (χ1) is 13.7. The zero-order chi connectivity index (χ0) is 21.2. The van der Waals surface area contributed by atoms with Gasteiger partial charge in [0.1, 0.15) is 0 Å². The molecule has 1 aliphatic rings. The van der Waals surface area contributed by atoms with Crippen molar-refractivity contribution >= 4 is 46.6 Å². The Balaban J connectivity index is 1.96. The minimum Gasteiger partial charge on any atom is -0.478 e. The molecule has 1 fully saturated rings. The second-order valence-electron chi connectivity index (χ2n) is 6.52. The molecule has 2 aromatic carbocycles. The molecule has 1 heterocycles. The predicted molar refractivity (Wildman–Crippen MR) is 106 cm³/mol. The number of carboxylic acid groups (broad SMARTS) is 1. The Bertz CT molecular complexity index is 1010. The molecule has 150 valence electrons. The fraction of sp³-hybridized carbons (Fsp3) is 0.150. The van der Waals surface area contributed by atoms with Crippen LogP contribution in [0.5, 0.6) is 0 Å². The first-order valence-electron chi connectivity index (χ1n) is 8.49. The molecule has 8 nitrogen and oxygen atoms in total. The maximum absolute atomic E-state index is 12.1. The summed E-state index contributed by atoms with van der Waals surface area (Å²) in [6.07, 6.45) is 1.11. The number of para-hydroxylation sites is 2. The number of rotatable bonds is 5. The van der Waals surface area contributed by atoms with Crippen LogP contribution in [0.1, 0.15) is 24.2 Å². The van der Waals surface area contributed by atoms with E-state index in [1.807, 2.05) is 0 Å². The van der Waals surface area contributed by atoms with Crippen LogP contribution in [0, 0.1) is 0 Å². The summed E-state index contributed by atoms with van der Waals surface area (Å²) in [4.78, 5) is 35.8. The first-order valence-corrected chi connectivity index (χ1v) is 8.87. The summed E-state index contributed by atoms with van der Waals surface area (Å²) >= 11 is 6.16. The number of cyclic esters (lactones) is 2. The summed E-state index contributed by atoms with van der Waals surface area (Å²) in [7, 11) is 0. The Morgan fingerprint density at radius 1 is 1.03 bits per heavy atom. The predicted octanol–water partition coefficient (Wildman–Crippen LogP) is 3.91. The summed E-state index contributed by atoms with van der Waals surface area (Å²) in [6, 6.07) is 11.3. The Labute approximate surface area is 171 Å². The molecule has 0 spiro atoms. The third kappa shape index (κ3) is 4.49. The highest BCUT2D eigenvalue weighted by molar-refractivity contribution is 6.33. The van der Waals surface area contributed by atoms with E-state index in [4.69, 9.17) is 21.1 Å². The molecule has 0 amide bonds. The van der Waals surface area contributed by atoms with Crippen molar-refractivity contribution in [2.24, 2.45) is 0 Å². The first kappa shape index (κ1) is 20.2. The van der Waals surface area contributed by atoms with E-state index in [0.29, 0.717) is 16.4 Å². The van der Waals surface area contributed by atoms with E-state index in [0.717, 1.165) is 6.20 Å². The topological polar surface area (TPSA) is 114 Å². The molecule has 0 radical (unpaired) electrons. The lowest BCUT2D eigenvalue weighted by molar-refractivity contribution is -0.222. The van der Waals surface area contributed by atoms with E-state index in [-0.39, 0.29) is 16.8 Å². The normalized spacial score (nSPS) is 15.2. The summed E-state index contributed by atoms with van der Waals surface area (Å²) in [5, 5.41) is 15.7. The van der Waals surface area contributed by atoms with Gasteiger partial charge in [-0.3, -0.25) is 0 Å². The number of carboxylic acids is 1. The SMILES string of the molecule is CC1(C)OC(=O)C(=CNc2cccc(C(=O)O)c2Nc2ccccc2Cl)C(=O)O1. The van der Waals surface area contributed by atoms with E-state index in [2.05, 4.69) is 10.6 Å². The molecule has 29 heavy (non-hydrogen) atoms. The highest BCUT2D eigenvalue weighted by Gasteiger charge is 2.39. The number of aromatic carboxylic acids is 1. The van der Waals surface area contributed by atoms with Crippen molar-refractivity contribution in [1.29, 1.82) is 0 Å². The van der Waals surface area contributed by atoms with Crippen molar-refractivity contribution in [2.75, 3.05) is 10.6 Å². The summed E-state index contributed by atoms with van der Waals surface area (Å²) in [5.74, 6) is -4.23. The van der Waals surface area contributed by atoms with Crippen LogP contribution in [0.4, 0.5) is 17.1 Å². The lowest BCUT2D eigenvalue weighted by Crippen LogP contribution is -2.42. The van der Waals surface area contributed by atoms with Gasteiger partial charge in [0.25, 0.3) is 5.79 Å². The average Bonchev–Trinajstić information content (AvgIpc) is 2.62. The molecule has 3 rings (SSSR count). The molecular weight excluding hydrogens is 400 g/mol. The Morgan fingerprint density at radius 2 is 1.66 bits per heavy atom. The highest BCUT2D eigenvalue weighted by atomic mass is 35.5. The van der Waals surface area contributed by atoms with E-state index in [1.54, 1.807) is 30.3 Å². The lowest BCUT2D eigenvalue weighted by atomic mass is 10.1.